The summed E-state index contributed by atoms with van der Waals surface area (Å²) in [6.45, 7) is 2.01. The van der Waals surface area contributed by atoms with Crippen LogP contribution in [0.1, 0.15) is 12.5 Å². The van der Waals surface area contributed by atoms with Crippen molar-refractivity contribution in [2.24, 2.45) is 0 Å². The number of rotatable bonds is 5. The first-order valence-corrected chi connectivity index (χ1v) is 6.38. The highest BCUT2D eigenvalue weighted by Gasteiger charge is 2.09. The number of alkyl halides is 1. The van der Waals surface area contributed by atoms with E-state index < -0.39 is 10.9 Å². The van der Waals surface area contributed by atoms with E-state index in [4.69, 9.17) is 4.74 Å². The van der Waals surface area contributed by atoms with Crippen LogP contribution in [-0.2, 0) is 9.53 Å². The number of allylic oxidation sites excluding steroid dienone is 1. The zero-order valence-electron chi connectivity index (χ0n) is 9.76. The number of benzene rings is 1. The van der Waals surface area contributed by atoms with Gasteiger partial charge in [-0.2, -0.15) is 0 Å². The van der Waals surface area contributed by atoms with Crippen LogP contribution in [-0.4, -0.2) is 22.8 Å². The van der Waals surface area contributed by atoms with Crippen LogP contribution in [0.4, 0.5) is 5.69 Å². The van der Waals surface area contributed by atoms with Crippen LogP contribution >= 0.6 is 15.9 Å². The maximum atomic E-state index is 11.4. The fourth-order valence-corrected chi connectivity index (χ4v) is 1.83. The number of nitro groups is 1. The minimum atomic E-state index is -0.473. The molecule has 96 valence electrons. The van der Waals surface area contributed by atoms with Gasteiger partial charge in [0.05, 0.1) is 11.5 Å². The predicted octanol–water partition coefficient (Wildman–Crippen LogP) is 2.94. The Bertz CT molecular complexity index is 485. The fraction of sp³-hybridized carbons (Fsp3) is 0.250. The predicted molar refractivity (Wildman–Crippen MR) is 71.5 cm³/mol. The van der Waals surface area contributed by atoms with Gasteiger partial charge in [0.1, 0.15) is 0 Å². The molecule has 0 aromatic heterocycles. The second-order valence-corrected chi connectivity index (χ2v) is 3.92. The van der Waals surface area contributed by atoms with Gasteiger partial charge in [0.15, 0.2) is 0 Å². The summed E-state index contributed by atoms with van der Waals surface area (Å²) in [4.78, 5) is 21.6. The number of carbonyl (C=O) groups is 1. The third-order valence-electron chi connectivity index (χ3n) is 2.15. The Labute approximate surface area is 113 Å². The summed E-state index contributed by atoms with van der Waals surface area (Å²) in [5, 5.41) is 11.1. The van der Waals surface area contributed by atoms with Gasteiger partial charge in [0, 0.05) is 23.5 Å². The topological polar surface area (TPSA) is 69.4 Å². The number of halogens is 1. The normalized spacial score (nSPS) is 11.1. The van der Waals surface area contributed by atoms with Crippen molar-refractivity contribution in [1.29, 1.82) is 0 Å². The van der Waals surface area contributed by atoms with Crippen LogP contribution in [0.15, 0.2) is 30.3 Å². The standard InChI is InChI=1S/C12H12BrNO4/c1-2-18-12(15)7-10(8-13)9-4-3-5-11(6-9)14(16)17/h3-7H,2,8H2,1H3/b10-7+. The molecule has 5 nitrogen and oxygen atoms in total. The molecule has 0 unspecified atom stereocenters. The average molecular weight is 314 g/mol. The summed E-state index contributed by atoms with van der Waals surface area (Å²) >= 11 is 3.25. The number of non-ortho nitro benzene ring substituents is 1. The molecule has 0 atom stereocenters. The van der Waals surface area contributed by atoms with Crippen molar-refractivity contribution in [3.05, 3.63) is 46.0 Å². The van der Waals surface area contributed by atoms with Gasteiger partial charge in [-0.25, -0.2) is 4.79 Å². The van der Waals surface area contributed by atoms with Gasteiger partial charge in [0.2, 0.25) is 0 Å². The van der Waals surface area contributed by atoms with Crippen LogP contribution in [0, 0.1) is 10.1 Å². The second kappa shape index (κ2) is 6.90. The van der Waals surface area contributed by atoms with Crippen molar-refractivity contribution >= 4 is 33.2 Å². The molecule has 0 radical (unpaired) electrons. The van der Waals surface area contributed by atoms with Gasteiger partial charge >= 0.3 is 5.97 Å². The van der Waals surface area contributed by atoms with E-state index in [9.17, 15) is 14.9 Å². The van der Waals surface area contributed by atoms with E-state index in [1.807, 2.05) is 0 Å². The molecule has 0 aliphatic heterocycles. The van der Waals surface area contributed by atoms with Crippen molar-refractivity contribution in [2.45, 2.75) is 6.92 Å². The molecule has 1 aromatic rings. The lowest BCUT2D eigenvalue weighted by Gasteiger charge is -2.04. The molecule has 0 amide bonds. The third kappa shape index (κ3) is 3.96. The van der Waals surface area contributed by atoms with Crippen molar-refractivity contribution in [3.63, 3.8) is 0 Å². The van der Waals surface area contributed by atoms with E-state index >= 15 is 0 Å². The third-order valence-corrected chi connectivity index (χ3v) is 2.75. The first-order valence-electron chi connectivity index (χ1n) is 5.26. The Morgan fingerprint density at radius 3 is 2.83 bits per heavy atom. The maximum absolute atomic E-state index is 11.4. The number of hydrogen-bond donors (Lipinski definition) is 0. The highest BCUT2D eigenvalue weighted by molar-refractivity contribution is 9.09. The Morgan fingerprint density at radius 1 is 1.56 bits per heavy atom. The Kier molecular flexibility index (Phi) is 5.51. The lowest BCUT2D eigenvalue weighted by Crippen LogP contribution is -2.01. The molecule has 0 bridgehead atoms. The first kappa shape index (κ1) is 14.4. The highest BCUT2D eigenvalue weighted by atomic mass is 79.9. The summed E-state index contributed by atoms with van der Waals surface area (Å²) in [5.41, 5.74) is 1.24. The zero-order chi connectivity index (χ0) is 13.5. The van der Waals surface area contributed by atoms with Crippen molar-refractivity contribution < 1.29 is 14.5 Å². The summed E-state index contributed by atoms with van der Waals surface area (Å²) in [5.74, 6) is -0.460. The minimum Gasteiger partial charge on any atom is -0.463 e. The van der Waals surface area contributed by atoms with E-state index in [1.165, 1.54) is 18.2 Å². The van der Waals surface area contributed by atoms with Crippen LogP contribution in [0.3, 0.4) is 0 Å². The molecule has 0 aliphatic rings. The van der Waals surface area contributed by atoms with E-state index in [0.717, 1.165) is 0 Å². The molecule has 1 rings (SSSR count). The lowest BCUT2D eigenvalue weighted by molar-refractivity contribution is -0.384. The summed E-state index contributed by atoms with van der Waals surface area (Å²) < 4.78 is 4.80. The van der Waals surface area contributed by atoms with Crippen LogP contribution in [0.2, 0.25) is 0 Å². The van der Waals surface area contributed by atoms with E-state index in [2.05, 4.69) is 15.9 Å². The number of ether oxygens (including phenoxy) is 1. The van der Waals surface area contributed by atoms with Crippen molar-refractivity contribution in [2.75, 3.05) is 11.9 Å². The number of nitrogens with zero attached hydrogens (tertiary/aromatic N) is 1. The molecule has 0 aliphatic carbocycles. The monoisotopic (exact) mass is 313 g/mol. The maximum Gasteiger partial charge on any atom is 0.331 e. The van der Waals surface area contributed by atoms with Gasteiger partial charge in [-0.15, -0.1) is 0 Å². The first-order chi connectivity index (χ1) is 8.58. The Morgan fingerprint density at radius 2 is 2.28 bits per heavy atom. The number of nitro benzene ring substituents is 1. The molecule has 0 fully saturated rings. The van der Waals surface area contributed by atoms with E-state index in [-0.39, 0.29) is 5.69 Å². The zero-order valence-corrected chi connectivity index (χ0v) is 11.3. The van der Waals surface area contributed by atoms with Gasteiger partial charge in [0.25, 0.3) is 5.69 Å². The van der Waals surface area contributed by atoms with Gasteiger partial charge < -0.3 is 4.74 Å². The molecule has 6 heteroatoms. The molecular weight excluding hydrogens is 302 g/mol. The summed E-state index contributed by atoms with van der Waals surface area (Å²) in [6, 6.07) is 6.11. The second-order valence-electron chi connectivity index (χ2n) is 3.36. The number of hydrogen-bond acceptors (Lipinski definition) is 4. The quantitative estimate of drug-likeness (QED) is 0.275. The van der Waals surface area contributed by atoms with E-state index in [0.29, 0.717) is 23.1 Å². The summed E-state index contributed by atoms with van der Waals surface area (Å²) in [7, 11) is 0. The molecule has 0 N–H and O–H groups in total. The van der Waals surface area contributed by atoms with Gasteiger partial charge in [-0.05, 0) is 18.1 Å². The Balaban J connectivity index is 3.05. The van der Waals surface area contributed by atoms with Crippen molar-refractivity contribution in [3.8, 4) is 0 Å². The van der Waals surface area contributed by atoms with E-state index in [1.54, 1.807) is 19.1 Å². The molecule has 18 heavy (non-hydrogen) atoms. The summed E-state index contributed by atoms with van der Waals surface area (Å²) in [6.07, 6.45) is 1.33. The fourth-order valence-electron chi connectivity index (χ4n) is 1.34. The minimum absolute atomic E-state index is 0.0109. The number of carbonyl (C=O) groups excluding carboxylic acids is 1. The molecule has 1 aromatic carbocycles. The van der Waals surface area contributed by atoms with Crippen LogP contribution in [0.5, 0.6) is 0 Å². The SMILES string of the molecule is CCOC(=O)/C=C(\CBr)c1cccc([N+](=O)[O-])c1. The van der Waals surface area contributed by atoms with Crippen LogP contribution < -0.4 is 0 Å². The molecule has 0 heterocycles. The lowest BCUT2D eigenvalue weighted by atomic mass is 10.1. The van der Waals surface area contributed by atoms with Gasteiger partial charge in [-0.1, -0.05) is 28.1 Å². The Hall–Kier alpha value is -1.69. The van der Waals surface area contributed by atoms with Crippen molar-refractivity contribution in [1.82, 2.24) is 0 Å². The molecule has 0 saturated heterocycles. The smallest absolute Gasteiger partial charge is 0.331 e. The molecular formula is C12H12BrNO4. The van der Waals surface area contributed by atoms with Gasteiger partial charge in [-0.3, -0.25) is 10.1 Å². The number of esters is 1. The molecule has 0 spiro atoms. The average Bonchev–Trinajstić information content (AvgIpc) is 2.36. The largest absolute Gasteiger partial charge is 0.463 e. The van der Waals surface area contributed by atoms with Crippen LogP contribution in [0.25, 0.3) is 5.57 Å². The highest BCUT2D eigenvalue weighted by Crippen LogP contribution is 2.21. The molecule has 0 saturated carbocycles.